The standard InChI is InChI=1S/C21H42O4/c1-5-9-11-12-14-18-22-19-25-21(24-17-8-4)20(23-16-7-3)15-13-10-6-2/h5-19H2,1-4H3/b21-20-. The summed E-state index contributed by atoms with van der Waals surface area (Å²) in [5.74, 6) is 1.37. The Hall–Kier alpha value is -0.900. The summed E-state index contributed by atoms with van der Waals surface area (Å²) in [6.45, 7) is 10.9. The topological polar surface area (TPSA) is 36.9 Å². The van der Waals surface area contributed by atoms with Gasteiger partial charge in [0.2, 0.25) is 0 Å². The molecule has 0 fully saturated rings. The van der Waals surface area contributed by atoms with Crippen molar-refractivity contribution in [3.8, 4) is 0 Å². The van der Waals surface area contributed by atoms with Crippen LogP contribution in [0.1, 0.15) is 98.3 Å². The Kier molecular flexibility index (Phi) is 18.7. The molecule has 0 aliphatic rings. The fourth-order valence-corrected chi connectivity index (χ4v) is 2.35. The zero-order valence-electron chi connectivity index (χ0n) is 17.2. The molecule has 0 radical (unpaired) electrons. The number of hydrogen-bond donors (Lipinski definition) is 0. The van der Waals surface area contributed by atoms with E-state index in [0.29, 0.717) is 19.2 Å². The Morgan fingerprint density at radius 1 is 0.560 bits per heavy atom. The summed E-state index contributed by atoms with van der Waals surface area (Å²) in [6, 6.07) is 0. The second-order valence-corrected chi connectivity index (χ2v) is 6.45. The lowest BCUT2D eigenvalue weighted by atomic mass is 10.2. The first-order chi connectivity index (χ1) is 12.3. The van der Waals surface area contributed by atoms with Gasteiger partial charge in [0.1, 0.15) is 0 Å². The zero-order valence-corrected chi connectivity index (χ0v) is 17.2. The Morgan fingerprint density at radius 3 is 1.88 bits per heavy atom. The number of hydrogen-bond acceptors (Lipinski definition) is 4. The SMILES string of the molecule is CCCCCCCOCO/C(OCCC)=C(/CCCCC)OCCC. The van der Waals surface area contributed by atoms with Crippen molar-refractivity contribution in [3.63, 3.8) is 0 Å². The van der Waals surface area contributed by atoms with Crippen LogP contribution in [0, 0.1) is 0 Å². The third kappa shape index (κ3) is 15.1. The minimum absolute atomic E-state index is 0.236. The normalized spacial score (nSPS) is 12.0. The Balaban J connectivity index is 4.36. The summed E-state index contributed by atoms with van der Waals surface area (Å²) in [5.41, 5.74) is 0. The highest BCUT2D eigenvalue weighted by atomic mass is 16.7. The van der Waals surface area contributed by atoms with Crippen LogP contribution < -0.4 is 0 Å². The molecule has 0 bridgehead atoms. The molecular formula is C21H42O4. The van der Waals surface area contributed by atoms with E-state index in [2.05, 4.69) is 27.7 Å². The van der Waals surface area contributed by atoms with Crippen molar-refractivity contribution in [1.82, 2.24) is 0 Å². The van der Waals surface area contributed by atoms with Gasteiger partial charge in [0.25, 0.3) is 0 Å². The summed E-state index contributed by atoms with van der Waals surface area (Å²) < 4.78 is 23.1. The van der Waals surface area contributed by atoms with E-state index in [-0.39, 0.29) is 6.79 Å². The van der Waals surface area contributed by atoms with Gasteiger partial charge in [-0.2, -0.15) is 0 Å². The maximum atomic E-state index is 5.89. The van der Waals surface area contributed by atoms with Crippen LogP contribution in [0.4, 0.5) is 0 Å². The maximum absolute atomic E-state index is 5.89. The molecule has 0 saturated carbocycles. The highest BCUT2D eigenvalue weighted by Crippen LogP contribution is 2.18. The van der Waals surface area contributed by atoms with E-state index in [4.69, 9.17) is 18.9 Å². The van der Waals surface area contributed by atoms with Crippen molar-refractivity contribution in [2.24, 2.45) is 0 Å². The molecule has 0 rings (SSSR count). The van der Waals surface area contributed by atoms with Crippen LogP contribution in [-0.4, -0.2) is 26.6 Å². The largest absolute Gasteiger partial charge is 0.491 e. The summed E-state index contributed by atoms with van der Waals surface area (Å²) in [7, 11) is 0. The van der Waals surface area contributed by atoms with Gasteiger partial charge in [0.15, 0.2) is 12.6 Å². The molecule has 0 saturated heterocycles. The Bertz CT molecular complexity index is 302. The second kappa shape index (κ2) is 19.4. The van der Waals surface area contributed by atoms with Gasteiger partial charge in [-0.3, -0.25) is 0 Å². The molecule has 150 valence electrons. The molecule has 0 spiro atoms. The van der Waals surface area contributed by atoms with Crippen LogP contribution in [0.25, 0.3) is 0 Å². The van der Waals surface area contributed by atoms with E-state index >= 15 is 0 Å². The van der Waals surface area contributed by atoms with Crippen molar-refractivity contribution in [2.75, 3.05) is 26.6 Å². The average Bonchev–Trinajstić information content (AvgIpc) is 2.63. The van der Waals surface area contributed by atoms with Crippen LogP contribution in [0.15, 0.2) is 11.7 Å². The fourth-order valence-electron chi connectivity index (χ4n) is 2.35. The number of unbranched alkanes of at least 4 members (excludes halogenated alkanes) is 6. The van der Waals surface area contributed by atoms with Crippen LogP contribution in [0.2, 0.25) is 0 Å². The molecule has 0 aliphatic carbocycles. The quantitative estimate of drug-likeness (QED) is 0.149. The molecule has 0 heterocycles. The lowest BCUT2D eigenvalue weighted by Crippen LogP contribution is -2.10. The molecular weight excluding hydrogens is 316 g/mol. The first kappa shape index (κ1) is 24.1. The van der Waals surface area contributed by atoms with E-state index in [1.165, 1.54) is 38.5 Å². The lowest BCUT2D eigenvalue weighted by Gasteiger charge is -2.17. The van der Waals surface area contributed by atoms with Crippen molar-refractivity contribution >= 4 is 0 Å². The van der Waals surface area contributed by atoms with Gasteiger partial charge < -0.3 is 18.9 Å². The highest BCUT2D eigenvalue weighted by Gasteiger charge is 2.12. The van der Waals surface area contributed by atoms with Crippen molar-refractivity contribution in [2.45, 2.75) is 98.3 Å². The van der Waals surface area contributed by atoms with E-state index in [9.17, 15) is 0 Å². The van der Waals surface area contributed by atoms with Gasteiger partial charge in [-0.25, -0.2) is 0 Å². The molecule has 0 atom stereocenters. The lowest BCUT2D eigenvalue weighted by molar-refractivity contribution is -0.0840. The van der Waals surface area contributed by atoms with Gasteiger partial charge >= 0.3 is 5.95 Å². The van der Waals surface area contributed by atoms with Gasteiger partial charge in [-0.15, -0.1) is 0 Å². The van der Waals surface area contributed by atoms with E-state index in [1.54, 1.807) is 0 Å². The first-order valence-electron chi connectivity index (χ1n) is 10.5. The third-order valence-corrected chi connectivity index (χ3v) is 3.82. The monoisotopic (exact) mass is 358 g/mol. The van der Waals surface area contributed by atoms with Crippen LogP contribution >= 0.6 is 0 Å². The fraction of sp³-hybridized carbons (Fsp3) is 0.905. The van der Waals surface area contributed by atoms with Gasteiger partial charge in [0.05, 0.1) is 19.8 Å². The predicted octanol–water partition coefficient (Wildman–Crippen LogP) is 6.55. The van der Waals surface area contributed by atoms with Crippen LogP contribution in [-0.2, 0) is 18.9 Å². The van der Waals surface area contributed by atoms with Crippen molar-refractivity contribution < 1.29 is 18.9 Å². The van der Waals surface area contributed by atoms with E-state index in [0.717, 1.165) is 44.5 Å². The van der Waals surface area contributed by atoms with Gasteiger partial charge in [0, 0.05) is 6.42 Å². The zero-order chi connectivity index (χ0) is 18.6. The number of ether oxygens (including phenoxy) is 4. The van der Waals surface area contributed by atoms with Gasteiger partial charge in [-0.1, -0.05) is 66.2 Å². The minimum atomic E-state index is 0.236. The Labute approximate surface area is 156 Å². The molecule has 0 unspecified atom stereocenters. The molecule has 0 aromatic heterocycles. The van der Waals surface area contributed by atoms with Crippen LogP contribution in [0.3, 0.4) is 0 Å². The maximum Gasteiger partial charge on any atom is 0.321 e. The summed E-state index contributed by atoms with van der Waals surface area (Å²) >= 11 is 0. The summed E-state index contributed by atoms with van der Waals surface area (Å²) in [5, 5.41) is 0. The van der Waals surface area contributed by atoms with Crippen molar-refractivity contribution in [3.05, 3.63) is 11.7 Å². The minimum Gasteiger partial charge on any atom is -0.491 e. The molecule has 0 N–H and O–H groups in total. The van der Waals surface area contributed by atoms with E-state index < -0.39 is 0 Å². The molecule has 25 heavy (non-hydrogen) atoms. The molecule has 0 aromatic carbocycles. The van der Waals surface area contributed by atoms with Gasteiger partial charge in [-0.05, 0) is 25.7 Å². The van der Waals surface area contributed by atoms with Crippen molar-refractivity contribution in [1.29, 1.82) is 0 Å². The summed E-state index contributed by atoms with van der Waals surface area (Å²) in [6.07, 6.45) is 12.4. The molecule has 0 aromatic rings. The molecule has 0 amide bonds. The predicted molar refractivity (Wildman–Crippen MR) is 104 cm³/mol. The molecule has 0 aliphatic heterocycles. The average molecular weight is 359 g/mol. The highest BCUT2D eigenvalue weighted by molar-refractivity contribution is 4.95. The number of allylic oxidation sites excluding steroid dienone is 1. The number of rotatable bonds is 19. The molecule has 4 heteroatoms. The molecule has 4 nitrogen and oxygen atoms in total. The van der Waals surface area contributed by atoms with Crippen LogP contribution in [0.5, 0.6) is 0 Å². The smallest absolute Gasteiger partial charge is 0.321 e. The van der Waals surface area contributed by atoms with E-state index in [1.807, 2.05) is 0 Å². The summed E-state index contributed by atoms with van der Waals surface area (Å²) in [4.78, 5) is 0. The first-order valence-corrected chi connectivity index (χ1v) is 10.5. The Morgan fingerprint density at radius 2 is 1.20 bits per heavy atom. The second-order valence-electron chi connectivity index (χ2n) is 6.45. The third-order valence-electron chi connectivity index (χ3n) is 3.82.